The minimum atomic E-state index is 0. The van der Waals surface area contributed by atoms with Gasteiger partial charge in [0.05, 0.1) is 27.2 Å². The first kappa shape index (κ1) is 29.9. The summed E-state index contributed by atoms with van der Waals surface area (Å²) in [5, 5.41) is 0. The van der Waals surface area contributed by atoms with Crippen LogP contribution in [0.5, 0.6) is 5.75 Å². The lowest BCUT2D eigenvalue weighted by Gasteiger charge is -2.32. The molecular weight excluding hydrogens is 452 g/mol. The lowest BCUT2D eigenvalue weighted by atomic mass is 10.0. The number of hydrogen-bond donors (Lipinski definition) is 0. The average molecular weight is 500 g/mol. The van der Waals surface area contributed by atoms with Crippen LogP contribution in [0.3, 0.4) is 0 Å². The number of likely N-dealkylation sites (N-methyl/N-ethyl adjacent to an activating group) is 1. The first-order valence-corrected chi connectivity index (χ1v) is 12.0. The molecule has 0 aromatic heterocycles. The Morgan fingerprint density at radius 3 is 2.19 bits per heavy atom. The van der Waals surface area contributed by atoms with E-state index in [0.717, 1.165) is 75.0 Å². The van der Waals surface area contributed by atoms with Gasteiger partial charge in [0, 0.05) is 13.1 Å². The lowest BCUT2D eigenvalue weighted by molar-refractivity contribution is -0.883. The molecule has 0 bridgehead atoms. The zero-order chi connectivity index (χ0) is 22.6. The van der Waals surface area contributed by atoms with Gasteiger partial charge in [0.2, 0.25) is 0 Å². The molecule has 0 spiro atoms. The highest BCUT2D eigenvalue weighted by Gasteiger charge is 2.23. The highest BCUT2D eigenvalue weighted by molar-refractivity contribution is 5.77. The highest BCUT2D eigenvalue weighted by atomic mass is 79.9. The van der Waals surface area contributed by atoms with Crippen LogP contribution in [0.15, 0.2) is 18.2 Å². The van der Waals surface area contributed by atoms with Crippen molar-refractivity contribution in [2.75, 3.05) is 46.9 Å². The molecular formula is C26H47BrN2O2. The van der Waals surface area contributed by atoms with Crippen molar-refractivity contribution >= 4 is 5.91 Å². The quantitative estimate of drug-likeness (QED) is 0.275. The molecule has 0 atom stereocenters. The lowest BCUT2D eigenvalue weighted by Crippen LogP contribution is -3.00. The Morgan fingerprint density at radius 1 is 1.03 bits per heavy atom. The molecule has 1 rings (SSSR count). The molecule has 0 N–H and O–H groups in total. The minimum absolute atomic E-state index is 0. The van der Waals surface area contributed by atoms with Gasteiger partial charge in [-0.15, -0.1) is 0 Å². The fourth-order valence-corrected chi connectivity index (χ4v) is 3.67. The van der Waals surface area contributed by atoms with Crippen molar-refractivity contribution in [2.45, 2.75) is 79.1 Å². The number of halogens is 1. The van der Waals surface area contributed by atoms with Crippen LogP contribution in [-0.2, 0) is 4.79 Å². The maximum Gasteiger partial charge on any atom is 0.277 e. The number of hydrogen-bond acceptors (Lipinski definition) is 2. The van der Waals surface area contributed by atoms with Gasteiger partial charge >= 0.3 is 0 Å². The Morgan fingerprint density at radius 2 is 1.65 bits per heavy atom. The number of unbranched alkanes of at least 4 members (excludes halogenated alkanes) is 3. The van der Waals surface area contributed by atoms with E-state index in [1.165, 1.54) is 11.1 Å². The Hall–Kier alpha value is -1.07. The van der Waals surface area contributed by atoms with Crippen molar-refractivity contribution in [3.05, 3.63) is 29.3 Å². The van der Waals surface area contributed by atoms with Gasteiger partial charge in [-0.1, -0.05) is 52.7 Å². The maximum absolute atomic E-state index is 12.9. The second-order valence-corrected chi connectivity index (χ2v) is 9.66. The highest BCUT2D eigenvalue weighted by Crippen LogP contribution is 2.27. The number of quaternary nitrogens is 1. The van der Waals surface area contributed by atoms with Crippen molar-refractivity contribution < 1.29 is 31.0 Å². The molecule has 1 amide bonds. The molecule has 0 aliphatic carbocycles. The van der Waals surface area contributed by atoms with E-state index in [9.17, 15) is 4.79 Å². The Kier molecular flexibility index (Phi) is 15.1. The molecule has 0 saturated carbocycles. The van der Waals surface area contributed by atoms with E-state index in [1.807, 2.05) is 0 Å². The summed E-state index contributed by atoms with van der Waals surface area (Å²) in [7, 11) is 4.35. The third kappa shape index (κ3) is 11.9. The van der Waals surface area contributed by atoms with E-state index in [-0.39, 0.29) is 17.0 Å². The van der Waals surface area contributed by atoms with Crippen LogP contribution in [-0.4, -0.2) is 62.2 Å². The molecule has 0 radical (unpaired) electrons. The molecule has 31 heavy (non-hydrogen) atoms. The number of amides is 1. The molecule has 0 saturated heterocycles. The first-order chi connectivity index (χ1) is 14.2. The largest absolute Gasteiger partial charge is 1.00 e. The molecule has 1 aromatic carbocycles. The molecule has 0 aliphatic heterocycles. The summed E-state index contributed by atoms with van der Waals surface area (Å²) in [6.45, 7) is 15.0. The molecule has 0 aliphatic rings. The summed E-state index contributed by atoms with van der Waals surface area (Å²) in [5.41, 5.74) is 2.52. The van der Waals surface area contributed by atoms with E-state index in [2.05, 4.69) is 71.8 Å². The molecule has 0 fully saturated rings. The number of rotatable bonds is 15. The predicted octanol–water partition coefficient (Wildman–Crippen LogP) is 2.79. The van der Waals surface area contributed by atoms with E-state index < -0.39 is 0 Å². The van der Waals surface area contributed by atoms with E-state index in [1.54, 1.807) is 0 Å². The summed E-state index contributed by atoms with van der Waals surface area (Å²) in [6, 6.07) is 6.49. The number of ether oxygens (including phenoxy) is 1. The van der Waals surface area contributed by atoms with Crippen molar-refractivity contribution in [3.8, 4) is 5.75 Å². The van der Waals surface area contributed by atoms with Crippen molar-refractivity contribution in [1.29, 1.82) is 0 Å². The monoisotopic (exact) mass is 498 g/mol. The summed E-state index contributed by atoms with van der Waals surface area (Å²) < 4.78 is 6.87. The van der Waals surface area contributed by atoms with E-state index in [0.29, 0.717) is 18.4 Å². The molecule has 0 heterocycles. The van der Waals surface area contributed by atoms with Crippen molar-refractivity contribution in [1.82, 2.24) is 4.90 Å². The second kappa shape index (κ2) is 15.7. The standard InChI is InChI=1S/C26H47N2O2.BrH/c1-8-10-16-27(17-11-9-2)26(29)21-28(6,7)18-12-13-19-30-25-20-23(5)14-15-24(25)22(3)4;/h14-15,20,22H,8-13,16-19,21H2,1-7H3;1H/q+1;/p-1. The average Bonchev–Trinajstić information content (AvgIpc) is 2.67. The molecule has 5 heteroatoms. The fraction of sp³-hybridized carbons (Fsp3) is 0.731. The third-order valence-electron chi connectivity index (χ3n) is 5.69. The van der Waals surface area contributed by atoms with Crippen LogP contribution in [0.4, 0.5) is 0 Å². The van der Waals surface area contributed by atoms with Crippen LogP contribution >= 0.6 is 0 Å². The number of benzene rings is 1. The Balaban J connectivity index is 0.00000900. The molecule has 180 valence electrons. The van der Waals surface area contributed by atoms with Gasteiger partial charge < -0.3 is 31.1 Å². The predicted molar refractivity (Wildman–Crippen MR) is 128 cm³/mol. The maximum atomic E-state index is 12.9. The minimum Gasteiger partial charge on any atom is -1.00 e. The van der Waals surface area contributed by atoms with Gasteiger partial charge in [-0.25, -0.2) is 0 Å². The molecule has 4 nitrogen and oxygen atoms in total. The Labute approximate surface area is 202 Å². The van der Waals surface area contributed by atoms with Crippen LogP contribution in [0, 0.1) is 6.92 Å². The molecule has 1 aromatic rings. The zero-order valence-electron chi connectivity index (χ0n) is 21.2. The second-order valence-electron chi connectivity index (χ2n) is 9.66. The summed E-state index contributed by atoms with van der Waals surface area (Å²) in [5.74, 6) is 1.79. The van der Waals surface area contributed by atoms with Crippen LogP contribution in [0.25, 0.3) is 0 Å². The van der Waals surface area contributed by atoms with Crippen LogP contribution < -0.4 is 21.7 Å². The van der Waals surface area contributed by atoms with E-state index in [4.69, 9.17) is 4.74 Å². The van der Waals surface area contributed by atoms with Crippen LogP contribution in [0.2, 0.25) is 0 Å². The fourth-order valence-electron chi connectivity index (χ4n) is 3.67. The summed E-state index contributed by atoms with van der Waals surface area (Å²) in [4.78, 5) is 14.9. The number of aryl methyl sites for hydroxylation is 1. The normalized spacial score (nSPS) is 11.4. The van der Waals surface area contributed by atoms with Crippen LogP contribution in [0.1, 0.15) is 83.3 Å². The third-order valence-corrected chi connectivity index (χ3v) is 5.69. The van der Waals surface area contributed by atoms with Gasteiger partial charge in [0.1, 0.15) is 5.75 Å². The topological polar surface area (TPSA) is 29.5 Å². The number of nitrogens with zero attached hydrogens (tertiary/aromatic N) is 2. The van der Waals surface area contributed by atoms with Gasteiger partial charge in [-0.3, -0.25) is 4.79 Å². The first-order valence-electron chi connectivity index (χ1n) is 12.0. The number of carbonyl (C=O) groups is 1. The van der Waals surface area contributed by atoms with Gasteiger partial charge in [-0.2, -0.15) is 0 Å². The van der Waals surface area contributed by atoms with Crippen molar-refractivity contribution in [3.63, 3.8) is 0 Å². The smallest absolute Gasteiger partial charge is 0.277 e. The zero-order valence-corrected chi connectivity index (χ0v) is 22.8. The Bertz CT molecular complexity index is 624. The van der Waals surface area contributed by atoms with E-state index >= 15 is 0 Å². The summed E-state index contributed by atoms with van der Waals surface area (Å²) >= 11 is 0. The summed E-state index contributed by atoms with van der Waals surface area (Å²) in [6.07, 6.45) is 6.53. The molecule has 0 unspecified atom stereocenters. The number of carbonyl (C=O) groups excluding carboxylic acids is 1. The van der Waals surface area contributed by atoms with Gasteiger partial charge in [0.15, 0.2) is 6.54 Å². The van der Waals surface area contributed by atoms with Gasteiger partial charge in [0.25, 0.3) is 5.91 Å². The van der Waals surface area contributed by atoms with Gasteiger partial charge in [-0.05, 0) is 55.7 Å². The van der Waals surface area contributed by atoms with Crippen molar-refractivity contribution in [2.24, 2.45) is 0 Å². The SMILES string of the molecule is CCCCN(CCCC)C(=O)C[N+](C)(C)CCCCOc1cc(C)ccc1C(C)C.[Br-].